The van der Waals surface area contributed by atoms with Crippen molar-refractivity contribution < 1.29 is 39.2 Å². The van der Waals surface area contributed by atoms with Gasteiger partial charge in [-0.3, -0.25) is 4.79 Å². The molecule has 0 aliphatic carbocycles. The Morgan fingerprint density at radius 2 is 1.68 bits per heavy atom. The number of ether oxygens (including phenoxy) is 2. The van der Waals surface area contributed by atoms with E-state index in [9.17, 15) is 29.7 Å². The van der Waals surface area contributed by atoms with Crippen LogP contribution >= 0.6 is 0 Å². The van der Waals surface area contributed by atoms with Crippen molar-refractivity contribution in [2.24, 2.45) is 0 Å². The molecule has 0 spiro atoms. The van der Waals surface area contributed by atoms with Gasteiger partial charge >= 0.3 is 11.9 Å². The third-order valence-electron chi connectivity index (χ3n) is 2.84. The summed E-state index contributed by atoms with van der Waals surface area (Å²) in [6.45, 7) is 0. The third kappa shape index (κ3) is 4.35. The fraction of sp³-hybridized carbons (Fsp3) is 0.357. The van der Waals surface area contributed by atoms with E-state index in [1.165, 1.54) is 12.1 Å². The number of aliphatic hydroxyl groups is 3. The lowest BCUT2D eigenvalue weighted by Crippen LogP contribution is -2.49. The summed E-state index contributed by atoms with van der Waals surface area (Å²) in [5.41, 5.74) is 0.129. The largest absolute Gasteiger partial charge is 0.467 e. The van der Waals surface area contributed by atoms with Gasteiger partial charge in [-0.05, 0) is 12.1 Å². The molecule has 3 N–H and O–H groups in total. The highest BCUT2D eigenvalue weighted by atomic mass is 16.6. The molecule has 0 heterocycles. The SMILES string of the molecule is COC(=O)[C@@H](O)[C@@H](O)[C@H](O)[C@H](C=O)OC(=O)c1ccccc1. The molecule has 0 saturated heterocycles. The maximum absolute atomic E-state index is 11.8. The van der Waals surface area contributed by atoms with E-state index < -0.39 is 36.4 Å². The quantitative estimate of drug-likeness (QED) is 0.417. The van der Waals surface area contributed by atoms with Gasteiger partial charge in [0.2, 0.25) is 0 Å². The van der Waals surface area contributed by atoms with Gasteiger partial charge in [-0.1, -0.05) is 18.2 Å². The fourth-order valence-electron chi connectivity index (χ4n) is 1.59. The van der Waals surface area contributed by atoms with Crippen molar-refractivity contribution in [1.29, 1.82) is 0 Å². The third-order valence-corrected chi connectivity index (χ3v) is 2.84. The van der Waals surface area contributed by atoms with Crippen LogP contribution < -0.4 is 0 Å². The molecular formula is C14H16O8. The minimum Gasteiger partial charge on any atom is -0.467 e. The molecule has 0 bridgehead atoms. The number of aliphatic hydroxyl groups excluding tert-OH is 3. The lowest BCUT2D eigenvalue weighted by atomic mass is 10.0. The minimum absolute atomic E-state index is 0.0821. The Labute approximate surface area is 125 Å². The zero-order valence-corrected chi connectivity index (χ0v) is 11.7. The van der Waals surface area contributed by atoms with Crippen LogP contribution in [0.15, 0.2) is 30.3 Å². The lowest BCUT2D eigenvalue weighted by Gasteiger charge is -2.25. The molecule has 120 valence electrons. The van der Waals surface area contributed by atoms with Crippen LogP contribution in [-0.2, 0) is 19.1 Å². The number of carbonyl (C=O) groups is 3. The number of hydrogen-bond acceptors (Lipinski definition) is 8. The van der Waals surface area contributed by atoms with Crippen LogP contribution in [0.2, 0.25) is 0 Å². The van der Waals surface area contributed by atoms with Crippen LogP contribution in [-0.4, -0.2) is 65.1 Å². The topological polar surface area (TPSA) is 130 Å². The molecule has 0 fully saturated rings. The predicted molar refractivity (Wildman–Crippen MR) is 71.7 cm³/mol. The first-order valence-corrected chi connectivity index (χ1v) is 6.25. The Hall–Kier alpha value is -2.29. The zero-order valence-electron chi connectivity index (χ0n) is 11.7. The van der Waals surface area contributed by atoms with Gasteiger partial charge in [0.05, 0.1) is 12.7 Å². The predicted octanol–water partition coefficient (Wildman–Crippen LogP) is -1.33. The maximum Gasteiger partial charge on any atom is 0.338 e. The van der Waals surface area contributed by atoms with Gasteiger partial charge in [-0.2, -0.15) is 0 Å². The molecule has 0 aromatic heterocycles. The summed E-state index contributed by atoms with van der Waals surface area (Å²) in [5.74, 6) is -2.11. The highest BCUT2D eigenvalue weighted by molar-refractivity contribution is 5.90. The number of esters is 2. The molecule has 0 unspecified atom stereocenters. The van der Waals surface area contributed by atoms with Crippen LogP contribution in [0, 0.1) is 0 Å². The second kappa shape index (κ2) is 8.23. The summed E-state index contributed by atoms with van der Waals surface area (Å²) in [6, 6.07) is 7.66. The molecule has 8 nitrogen and oxygen atoms in total. The molecule has 4 atom stereocenters. The van der Waals surface area contributed by atoms with Gasteiger partial charge in [0.25, 0.3) is 0 Å². The first-order chi connectivity index (χ1) is 10.4. The van der Waals surface area contributed by atoms with Gasteiger partial charge in [0.1, 0.15) is 12.2 Å². The molecule has 0 saturated carbocycles. The fourth-order valence-corrected chi connectivity index (χ4v) is 1.59. The van der Waals surface area contributed by atoms with Crippen LogP contribution in [0.5, 0.6) is 0 Å². The molecule has 22 heavy (non-hydrogen) atoms. The first-order valence-electron chi connectivity index (χ1n) is 6.25. The van der Waals surface area contributed by atoms with Crippen molar-refractivity contribution in [3.8, 4) is 0 Å². The van der Waals surface area contributed by atoms with E-state index in [1.807, 2.05) is 0 Å². The van der Waals surface area contributed by atoms with Crippen molar-refractivity contribution in [3.63, 3.8) is 0 Å². The van der Waals surface area contributed by atoms with Gasteiger partial charge in [-0.15, -0.1) is 0 Å². The zero-order chi connectivity index (χ0) is 16.7. The van der Waals surface area contributed by atoms with Crippen LogP contribution in [0.4, 0.5) is 0 Å². The van der Waals surface area contributed by atoms with E-state index in [1.54, 1.807) is 18.2 Å². The highest BCUT2D eigenvalue weighted by Crippen LogP contribution is 2.11. The average molecular weight is 312 g/mol. The number of carbonyl (C=O) groups excluding carboxylic acids is 3. The summed E-state index contributed by atoms with van der Waals surface area (Å²) in [7, 11) is 0.970. The standard InChI is InChI=1S/C14H16O8/c1-21-14(20)12(18)11(17)10(16)9(7-15)22-13(19)8-5-3-2-4-6-8/h2-7,9-12,16-18H,1H3/t9-,10+,11-,12-/m0/s1. The molecule has 1 rings (SSSR count). The van der Waals surface area contributed by atoms with Crippen LogP contribution in [0.25, 0.3) is 0 Å². The van der Waals surface area contributed by atoms with Gasteiger partial charge in [0.15, 0.2) is 18.5 Å². The average Bonchev–Trinajstić information content (AvgIpc) is 2.57. The Morgan fingerprint density at radius 1 is 1.09 bits per heavy atom. The van der Waals surface area contributed by atoms with E-state index >= 15 is 0 Å². The molecule has 1 aromatic rings. The lowest BCUT2D eigenvalue weighted by molar-refractivity contribution is -0.167. The van der Waals surface area contributed by atoms with E-state index in [0.29, 0.717) is 0 Å². The summed E-state index contributed by atoms with van der Waals surface area (Å²) in [5, 5.41) is 28.8. The summed E-state index contributed by atoms with van der Waals surface area (Å²) >= 11 is 0. The molecular weight excluding hydrogens is 296 g/mol. The maximum atomic E-state index is 11.8. The Morgan fingerprint density at radius 3 is 2.18 bits per heavy atom. The summed E-state index contributed by atoms with van der Waals surface area (Å²) in [4.78, 5) is 33.8. The molecule has 0 amide bonds. The van der Waals surface area contributed by atoms with Crippen molar-refractivity contribution in [2.45, 2.75) is 24.4 Å². The van der Waals surface area contributed by atoms with Crippen molar-refractivity contribution in [3.05, 3.63) is 35.9 Å². The Kier molecular flexibility index (Phi) is 6.64. The Bertz CT molecular complexity index is 515. The number of aldehydes is 1. The van der Waals surface area contributed by atoms with Crippen molar-refractivity contribution in [1.82, 2.24) is 0 Å². The summed E-state index contributed by atoms with van der Waals surface area (Å²) in [6.07, 6.45) is -7.83. The number of benzene rings is 1. The van der Waals surface area contributed by atoms with E-state index in [-0.39, 0.29) is 11.8 Å². The number of hydrogen-bond donors (Lipinski definition) is 3. The van der Waals surface area contributed by atoms with Crippen molar-refractivity contribution >= 4 is 18.2 Å². The van der Waals surface area contributed by atoms with Gasteiger partial charge in [-0.25, -0.2) is 9.59 Å². The molecule has 1 aromatic carbocycles. The monoisotopic (exact) mass is 312 g/mol. The Balaban J connectivity index is 2.76. The molecule has 0 aliphatic heterocycles. The van der Waals surface area contributed by atoms with E-state index in [2.05, 4.69) is 4.74 Å². The van der Waals surface area contributed by atoms with Gasteiger partial charge < -0.3 is 24.8 Å². The summed E-state index contributed by atoms with van der Waals surface area (Å²) < 4.78 is 8.94. The molecule has 0 radical (unpaired) electrons. The molecule has 8 heteroatoms. The smallest absolute Gasteiger partial charge is 0.338 e. The van der Waals surface area contributed by atoms with Crippen LogP contribution in [0.1, 0.15) is 10.4 Å². The minimum atomic E-state index is -2.09. The van der Waals surface area contributed by atoms with Crippen molar-refractivity contribution in [2.75, 3.05) is 7.11 Å². The first kappa shape index (κ1) is 17.8. The molecule has 0 aliphatic rings. The second-order valence-corrected chi connectivity index (χ2v) is 4.32. The van der Waals surface area contributed by atoms with Gasteiger partial charge in [0, 0.05) is 0 Å². The van der Waals surface area contributed by atoms with Crippen LogP contribution in [0.3, 0.4) is 0 Å². The normalized spacial score (nSPS) is 16.0. The number of rotatable bonds is 7. The number of methoxy groups -OCH3 is 1. The highest BCUT2D eigenvalue weighted by Gasteiger charge is 2.37. The van der Waals surface area contributed by atoms with E-state index in [4.69, 9.17) is 4.74 Å². The second-order valence-electron chi connectivity index (χ2n) is 4.32. The van der Waals surface area contributed by atoms with E-state index in [0.717, 1.165) is 7.11 Å².